The second-order valence-corrected chi connectivity index (χ2v) is 5.65. The second kappa shape index (κ2) is 7.59. The average molecular weight is 328 g/mol. The Hall–Kier alpha value is -2.89. The zero-order valence-corrected chi connectivity index (χ0v) is 14.0. The van der Waals surface area contributed by atoms with Gasteiger partial charge in [0.15, 0.2) is 0 Å². The van der Waals surface area contributed by atoms with Gasteiger partial charge in [0.05, 0.1) is 11.5 Å². The van der Waals surface area contributed by atoms with E-state index in [9.17, 15) is 14.9 Å². The monoisotopic (exact) mass is 328 g/mol. The van der Waals surface area contributed by atoms with Crippen LogP contribution in [0.1, 0.15) is 21.5 Å². The van der Waals surface area contributed by atoms with E-state index in [-0.39, 0.29) is 11.6 Å². The number of rotatable bonds is 6. The number of hydrogen-bond donors (Lipinski definition) is 0. The molecule has 0 aliphatic rings. The van der Waals surface area contributed by atoms with Crippen molar-refractivity contribution >= 4 is 11.6 Å². The van der Waals surface area contributed by atoms with Gasteiger partial charge in [-0.1, -0.05) is 17.7 Å². The maximum absolute atomic E-state index is 12.4. The van der Waals surface area contributed by atoms with Gasteiger partial charge in [-0.05, 0) is 38.1 Å². The van der Waals surface area contributed by atoms with Crippen LogP contribution in [0.2, 0.25) is 0 Å². The molecule has 0 aliphatic carbocycles. The Labute approximate surface area is 140 Å². The van der Waals surface area contributed by atoms with Crippen molar-refractivity contribution in [3.05, 3.63) is 69.3 Å². The van der Waals surface area contributed by atoms with Crippen molar-refractivity contribution in [3.8, 4) is 5.75 Å². The minimum absolute atomic E-state index is 0.0110. The van der Waals surface area contributed by atoms with Crippen LogP contribution in [0.5, 0.6) is 5.75 Å². The molecule has 2 aromatic rings. The topological polar surface area (TPSA) is 72.7 Å². The molecule has 0 saturated heterocycles. The lowest BCUT2D eigenvalue weighted by molar-refractivity contribution is -0.385. The van der Waals surface area contributed by atoms with E-state index in [2.05, 4.69) is 0 Å². The van der Waals surface area contributed by atoms with Crippen LogP contribution < -0.4 is 4.74 Å². The van der Waals surface area contributed by atoms with Gasteiger partial charge in [-0.25, -0.2) is 0 Å². The first-order valence-corrected chi connectivity index (χ1v) is 7.58. The third kappa shape index (κ3) is 4.32. The lowest BCUT2D eigenvalue weighted by atomic mass is 10.1. The first kappa shape index (κ1) is 17.5. The number of carbonyl (C=O) groups is 1. The van der Waals surface area contributed by atoms with Crippen LogP contribution in [-0.4, -0.2) is 35.9 Å². The molecule has 24 heavy (non-hydrogen) atoms. The molecule has 126 valence electrons. The number of benzene rings is 2. The molecular weight excluding hydrogens is 308 g/mol. The highest BCUT2D eigenvalue weighted by molar-refractivity contribution is 5.94. The summed E-state index contributed by atoms with van der Waals surface area (Å²) >= 11 is 0. The highest BCUT2D eigenvalue weighted by atomic mass is 16.6. The number of likely N-dealkylation sites (N-methyl/N-ethyl adjacent to an activating group) is 1. The number of aryl methyl sites for hydroxylation is 2. The number of carbonyl (C=O) groups excluding carboxylic acids is 1. The van der Waals surface area contributed by atoms with Gasteiger partial charge in [-0.15, -0.1) is 0 Å². The highest BCUT2D eigenvalue weighted by Gasteiger charge is 2.16. The van der Waals surface area contributed by atoms with Gasteiger partial charge in [-0.2, -0.15) is 0 Å². The molecule has 6 heteroatoms. The molecular formula is C18H20N2O4. The van der Waals surface area contributed by atoms with E-state index in [1.807, 2.05) is 31.2 Å². The van der Waals surface area contributed by atoms with E-state index in [1.165, 1.54) is 23.1 Å². The lowest BCUT2D eigenvalue weighted by Crippen LogP contribution is -2.30. The van der Waals surface area contributed by atoms with Crippen molar-refractivity contribution in [2.24, 2.45) is 0 Å². The third-order valence-corrected chi connectivity index (χ3v) is 3.70. The van der Waals surface area contributed by atoms with Crippen LogP contribution in [0.3, 0.4) is 0 Å². The third-order valence-electron chi connectivity index (χ3n) is 3.70. The fraction of sp³-hybridized carbons (Fsp3) is 0.278. The van der Waals surface area contributed by atoms with Gasteiger partial charge in [0.2, 0.25) is 0 Å². The molecule has 0 aliphatic heterocycles. The molecule has 0 heterocycles. The largest absolute Gasteiger partial charge is 0.492 e. The number of amides is 1. The van der Waals surface area contributed by atoms with Crippen LogP contribution in [-0.2, 0) is 0 Å². The van der Waals surface area contributed by atoms with Crippen molar-refractivity contribution in [2.45, 2.75) is 13.8 Å². The maximum atomic E-state index is 12.4. The summed E-state index contributed by atoms with van der Waals surface area (Å²) in [4.78, 5) is 24.3. The molecule has 0 spiro atoms. The van der Waals surface area contributed by atoms with Gasteiger partial charge < -0.3 is 9.64 Å². The van der Waals surface area contributed by atoms with Crippen LogP contribution in [0.25, 0.3) is 0 Å². The predicted molar refractivity (Wildman–Crippen MR) is 91.5 cm³/mol. The second-order valence-electron chi connectivity index (χ2n) is 5.65. The molecule has 0 bridgehead atoms. The molecule has 1 amide bonds. The van der Waals surface area contributed by atoms with Gasteiger partial charge >= 0.3 is 0 Å². The van der Waals surface area contributed by atoms with Crippen LogP contribution >= 0.6 is 0 Å². The van der Waals surface area contributed by atoms with Crippen molar-refractivity contribution in [1.29, 1.82) is 0 Å². The minimum atomic E-state index is -0.456. The summed E-state index contributed by atoms with van der Waals surface area (Å²) in [6.45, 7) is 4.41. The summed E-state index contributed by atoms with van der Waals surface area (Å²) in [6, 6.07) is 12.1. The Morgan fingerprint density at radius 1 is 1.17 bits per heavy atom. The van der Waals surface area contributed by atoms with Crippen molar-refractivity contribution < 1.29 is 14.5 Å². The molecule has 6 nitrogen and oxygen atoms in total. The van der Waals surface area contributed by atoms with Crippen LogP contribution in [0.15, 0.2) is 42.5 Å². The van der Waals surface area contributed by atoms with E-state index in [1.54, 1.807) is 14.0 Å². The molecule has 0 N–H and O–H groups in total. The summed E-state index contributed by atoms with van der Waals surface area (Å²) in [5.41, 5.74) is 2.06. The average Bonchev–Trinajstić information content (AvgIpc) is 2.55. The fourth-order valence-electron chi connectivity index (χ4n) is 2.25. The predicted octanol–water partition coefficient (Wildman–Crippen LogP) is 3.36. The van der Waals surface area contributed by atoms with Crippen molar-refractivity contribution in [2.75, 3.05) is 20.2 Å². The van der Waals surface area contributed by atoms with Crippen LogP contribution in [0.4, 0.5) is 5.69 Å². The fourth-order valence-corrected chi connectivity index (χ4v) is 2.25. The number of nitrogens with zero attached hydrogens (tertiary/aromatic N) is 2. The molecule has 0 saturated carbocycles. The number of hydrogen-bond acceptors (Lipinski definition) is 4. The summed E-state index contributed by atoms with van der Waals surface area (Å²) in [6.07, 6.45) is 0. The molecule has 0 unspecified atom stereocenters. The number of nitro benzene ring substituents is 1. The summed E-state index contributed by atoms with van der Waals surface area (Å²) in [5, 5.41) is 10.8. The Kier molecular flexibility index (Phi) is 5.52. The Morgan fingerprint density at radius 2 is 1.83 bits per heavy atom. The normalized spacial score (nSPS) is 10.3. The Bertz CT molecular complexity index is 741. The SMILES string of the molecule is Cc1ccc(OCCN(C)C(=O)c2ccc([N+](=O)[O-])c(C)c2)cc1. The Morgan fingerprint density at radius 3 is 2.42 bits per heavy atom. The molecule has 2 aromatic carbocycles. The van der Waals surface area contributed by atoms with E-state index in [0.717, 1.165) is 11.3 Å². The number of nitro groups is 1. The summed E-state index contributed by atoms with van der Waals surface area (Å²) in [5.74, 6) is 0.563. The standard InChI is InChI=1S/C18H20N2O4/c1-13-4-7-16(8-5-13)24-11-10-19(3)18(21)15-6-9-17(20(22)23)14(2)12-15/h4-9,12H,10-11H2,1-3H3. The minimum Gasteiger partial charge on any atom is -0.492 e. The van der Waals surface area contributed by atoms with E-state index < -0.39 is 4.92 Å². The molecule has 0 fully saturated rings. The summed E-state index contributed by atoms with van der Waals surface area (Å²) in [7, 11) is 1.68. The lowest BCUT2D eigenvalue weighted by Gasteiger charge is -2.18. The quantitative estimate of drug-likeness (QED) is 0.602. The number of ether oxygens (including phenoxy) is 1. The maximum Gasteiger partial charge on any atom is 0.272 e. The Balaban J connectivity index is 1.93. The van der Waals surface area contributed by atoms with E-state index in [0.29, 0.717) is 24.3 Å². The van der Waals surface area contributed by atoms with Crippen LogP contribution in [0, 0.1) is 24.0 Å². The van der Waals surface area contributed by atoms with Gasteiger partial charge in [-0.3, -0.25) is 14.9 Å². The van der Waals surface area contributed by atoms with Gasteiger partial charge in [0.25, 0.3) is 11.6 Å². The van der Waals surface area contributed by atoms with E-state index >= 15 is 0 Å². The molecule has 0 aromatic heterocycles. The zero-order valence-electron chi connectivity index (χ0n) is 14.0. The molecule has 2 rings (SSSR count). The van der Waals surface area contributed by atoms with Gasteiger partial charge in [0, 0.05) is 24.2 Å². The highest BCUT2D eigenvalue weighted by Crippen LogP contribution is 2.19. The summed E-state index contributed by atoms with van der Waals surface area (Å²) < 4.78 is 5.61. The first-order chi connectivity index (χ1) is 11.4. The zero-order chi connectivity index (χ0) is 17.7. The molecule has 0 atom stereocenters. The van der Waals surface area contributed by atoms with Crippen molar-refractivity contribution in [3.63, 3.8) is 0 Å². The smallest absolute Gasteiger partial charge is 0.272 e. The molecule has 0 radical (unpaired) electrons. The first-order valence-electron chi connectivity index (χ1n) is 7.58. The van der Waals surface area contributed by atoms with Gasteiger partial charge in [0.1, 0.15) is 12.4 Å². The van der Waals surface area contributed by atoms with Crippen molar-refractivity contribution in [1.82, 2.24) is 4.90 Å². The van der Waals surface area contributed by atoms with E-state index in [4.69, 9.17) is 4.74 Å².